The molecule has 1 aliphatic heterocycles. The molecule has 1 heterocycles. The normalized spacial score (nSPS) is 20.7. The molecule has 1 rings (SSSR count). The van der Waals surface area contributed by atoms with Crippen molar-refractivity contribution in [2.75, 3.05) is 26.3 Å². The summed E-state index contributed by atoms with van der Waals surface area (Å²) in [5, 5.41) is 6.36. The number of carbonyl (C=O) groups excluding carboxylic acids is 1. The van der Waals surface area contributed by atoms with Gasteiger partial charge in [-0.1, -0.05) is 27.7 Å². The lowest BCUT2D eigenvalue weighted by molar-refractivity contribution is -0.122. The van der Waals surface area contributed by atoms with Gasteiger partial charge in [0.25, 0.3) is 0 Å². The molecule has 18 heavy (non-hydrogen) atoms. The molecule has 0 saturated carbocycles. The Morgan fingerprint density at radius 1 is 1.33 bits per heavy atom. The number of morpholine rings is 1. The topological polar surface area (TPSA) is 50.4 Å². The maximum Gasteiger partial charge on any atom is 0.221 e. The summed E-state index contributed by atoms with van der Waals surface area (Å²) in [5.74, 6) is 1.87. The third-order valence-electron chi connectivity index (χ3n) is 3.68. The van der Waals surface area contributed by atoms with E-state index >= 15 is 0 Å². The van der Waals surface area contributed by atoms with E-state index in [9.17, 15) is 4.79 Å². The zero-order chi connectivity index (χ0) is 13.5. The molecule has 0 aromatic rings. The fraction of sp³-hybridized carbons (Fsp3) is 0.929. The maximum absolute atomic E-state index is 11.9. The smallest absolute Gasteiger partial charge is 0.221 e. The van der Waals surface area contributed by atoms with E-state index < -0.39 is 0 Å². The van der Waals surface area contributed by atoms with Gasteiger partial charge in [0.2, 0.25) is 5.91 Å². The van der Waals surface area contributed by atoms with Gasteiger partial charge >= 0.3 is 0 Å². The van der Waals surface area contributed by atoms with Crippen LogP contribution in [0.1, 0.15) is 34.1 Å². The summed E-state index contributed by atoms with van der Waals surface area (Å²) in [4.78, 5) is 11.9. The summed E-state index contributed by atoms with van der Waals surface area (Å²) >= 11 is 0. The molecule has 4 heteroatoms. The van der Waals surface area contributed by atoms with E-state index in [0.29, 0.717) is 30.8 Å². The highest BCUT2D eigenvalue weighted by molar-refractivity contribution is 5.76. The summed E-state index contributed by atoms with van der Waals surface area (Å²) in [6.07, 6.45) is 0.517. The zero-order valence-corrected chi connectivity index (χ0v) is 12.2. The number of nitrogens with one attached hydrogen (secondary N) is 2. The Balaban J connectivity index is 2.26. The van der Waals surface area contributed by atoms with Crippen LogP contribution in [0.15, 0.2) is 0 Å². The predicted molar refractivity (Wildman–Crippen MR) is 73.4 cm³/mol. The standard InChI is InChI=1S/C14H28N2O2/c1-10(2)13(11(3)4)8-16-14(17)7-12-9-18-6-5-15-12/h10-13,15H,5-9H2,1-4H3,(H,16,17). The molecule has 0 aliphatic carbocycles. The SMILES string of the molecule is CC(C)C(CNC(=O)CC1COCCN1)C(C)C. The Kier molecular flexibility index (Phi) is 6.65. The van der Waals surface area contributed by atoms with E-state index in [1.54, 1.807) is 0 Å². The summed E-state index contributed by atoms with van der Waals surface area (Å²) in [7, 11) is 0. The van der Waals surface area contributed by atoms with Crippen LogP contribution in [-0.4, -0.2) is 38.3 Å². The number of carbonyl (C=O) groups is 1. The first-order valence-electron chi connectivity index (χ1n) is 7.08. The molecule has 1 amide bonds. The third kappa shape index (κ3) is 5.36. The average molecular weight is 256 g/mol. The van der Waals surface area contributed by atoms with Crippen molar-refractivity contribution in [3.05, 3.63) is 0 Å². The molecule has 1 unspecified atom stereocenters. The van der Waals surface area contributed by atoms with Crippen LogP contribution in [-0.2, 0) is 9.53 Å². The molecular formula is C14H28N2O2. The Bertz CT molecular complexity index is 240. The first-order valence-corrected chi connectivity index (χ1v) is 7.08. The second-order valence-electron chi connectivity index (χ2n) is 5.89. The molecule has 1 aliphatic rings. The fourth-order valence-electron chi connectivity index (χ4n) is 2.52. The van der Waals surface area contributed by atoms with Crippen LogP contribution >= 0.6 is 0 Å². The van der Waals surface area contributed by atoms with Gasteiger partial charge in [-0.2, -0.15) is 0 Å². The van der Waals surface area contributed by atoms with Crippen molar-refractivity contribution < 1.29 is 9.53 Å². The van der Waals surface area contributed by atoms with Crippen molar-refractivity contribution >= 4 is 5.91 Å². The number of ether oxygens (including phenoxy) is 1. The molecule has 0 bridgehead atoms. The van der Waals surface area contributed by atoms with E-state index in [1.807, 2.05) is 0 Å². The molecule has 0 aromatic carbocycles. The lowest BCUT2D eigenvalue weighted by atomic mass is 9.85. The van der Waals surface area contributed by atoms with Crippen molar-refractivity contribution in [1.29, 1.82) is 0 Å². The Labute approximate surface area is 111 Å². The van der Waals surface area contributed by atoms with Crippen molar-refractivity contribution in [2.45, 2.75) is 40.2 Å². The first kappa shape index (κ1) is 15.4. The van der Waals surface area contributed by atoms with Gasteiger partial charge in [-0.05, 0) is 17.8 Å². The Hall–Kier alpha value is -0.610. The van der Waals surface area contributed by atoms with Crippen LogP contribution in [0.3, 0.4) is 0 Å². The van der Waals surface area contributed by atoms with Gasteiger partial charge in [0.05, 0.1) is 13.2 Å². The maximum atomic E-state index is 11.9. The van der Waals surface area contributed by atoms with Gasteiger partial charge in [-0.3, -0.25) is 4.79 Å². The highest BCUT2D eigenvalue weighted by Crippen LogP contribution is 2.19. The van der Waals surface area contributed by atoms with Crippen LogP contribution in [0, 0.1) is 17.8 Å². The molecular weight excluding hydrogens is 228 g/mol. The van der Waals surface area contributed by atoms with Gasteiger partial charge < -0.3 is 15.4 Å². The molecule has 2 N–H and O–H groups in total. The van der Waals surface area contributed by atoms with E-state index in [4.69, 9.17) is 4.74 Å². The number of rotatable bonds is 6. The Morgan fingerprint density at radius 2 is 2.00 bits per heavy atom. The van der Waals surface area contributed by atoms with Gasteiger partial charge in [0, 0.05) is 25.6 Å². The molecule has 0 spiro atoms. The van der Waals surface area contributed by atoms with Crippen LogP contribution in [0.25, 0.3) is 0 Å². The summed E-state index contributed by atoms with van der Waals surface area (Å²) in [6, 6.07) is 0.176. The molecule has 4 nitrogen and oxygen atoms in total. The van der Waals surface area contributed by atoms with E-state index in [0.717, 1.165) is 19.7 Å². The monoisotopic (exact) mass is 256 g/mol. The number of amides is 1. The third-order valence-corrected chi connectivity index (χ3v) is 3.68. The summed E-state index contributed by atoms with van der Waals surface area (Å²) in [6.45, 7) is 11.9. The van der Waals surface area contributed by atoms with Crippen LogP contribution in [0.5, 0.6) is 0 Å². The zero-order valence-electron chi connectivity index (χ0n) is 12.2. The van der Waals surface area contributed by atoms with Crippen molar-refractivity contribution in [3.63, 3.8) is 0 Å². The highest BCUT2D eigenvalue weighted by Gasteiger charge is 2.20. The van der Waals surface area contributed by atoms with Crippen LogP contribution in [0.4, 0.5) is 0 Å². The van der Waals surface area contributed by atoms with Crippen LogP contribution < -0.4 is 10.6 Å². The van der Waals surface area contributed by atoms with Gasteiger partial charge in [0.15, 0.2) is 0 Å². The van der Waals surface area contributed by atoms with Crippen molar-refractivity contribution in [1.82, 2.24) is 10.6 Å². The fourth-order valence-corrected chi connectivity index (χ4v) is 2.52. The minimum Gasteiger partial charge on any atom is -0.378 e. The molecule has 0 radical (unpaired) electrons. The lowest BCUT2D eigenvalue weighted by Gasteiger charge is -2.26. The highest BCUT2D eigenvalue weighted by atomic mass is 16.5. The molecule has 1 saturated heterocycles. The summed E-state index contributed by atoms with van der Waals surface area (Å²) < 4.78 is 5.34. The van der Waals surface area contributed by atoms with Crippen molar-refractivity contribution in [2.24, 2.45) is 17.8 Å². The number of hydrogen-bond donors (Lipinski definition) is 2. The van der Waals surface area contributed by atoms with Crippen molar-refractivity contribution in [3.8, 4) is 0 Å². The first-order chi connectivity index (χ1) is 8.50. The second-order valence-corrected chi connectivity index (χ2v) is 5.89. The van der Waals surface area contributed by atoms with E-state index in [-0.39, 0.29) is 11.9 Å². The van der Waals surface area contributed by atoms with Crippen LogP contribution in [0.2, 0.25) is 0 Å². The van der Waals surface area contributed by atoms with E-state index in [2.05, 4.69) is 38.3 Å². The molecule has 1 atom stereocenters. The molecule has 106 valence electrons. The summed E-state index contributed by atoms with van der Waals surface area (Å²) in [5.41, 5.74) is 0. The minimum absolute atomic E-state index is 0.129. The quantitative estimate of drug-likeness (QED) is 0.755. The largest absolute Gasteiger partial charge is 0.378 e. The van der Waals surface area contributed by atoms with Gasteiger partial charge in [-0.25, -0.2) is 0 Å². The Morgan fingerprint density at radius 3 is 2.50 bits per heavy atom. The predicted octanol–water partition coefficient (Wildman–Crippen LogP) is 1.41. The van der Waals surface area contributed by atoms with Gasteiger partial charge in [0.1, 0.15) is 0 Å². The molecule has 1 fully saturated rings. The average Bonchev–Trinajstić information content (AvgIpc) is 2.29. The minimum atomic E-state index is 0.129. The van der Waals surface area contributed by atoms with E-state index in [1.165, 1.54) is 0 Å². The molecule has 0 aromatic heterocycles. The number of hydrogen-bond acceptors (Lipinski definition) is 3. The lowest BCUT2D eigenvalue weighted by Crippen LogP contribution is -2.45. The second kappa shape index (κ2) is 7.74. The van der Waals surface area contributed by atoms with Gasteiger partial charge in [-0.15, -0.1) is 0 Å².